The third-order valence-electron chi connectivity index (χ3n) is 3.34. The van der Waals surface area contributed by atoms with Crippen molar-refractivity contribution in [3.63, 3.8) is 0 Å². The zero-order valence-corrected chi connectivity index (χ0v) is 12.3. The molecule has 22 heavy (non-hydrogen) atoms. The number of aryl methyl sites for hydroxylation is 1. The maximum atomic E-state index is 12.0. The van der Waals surface area contributed by atoms with Crippen LogP contribution in [0.5, 0.6) is 0 Å². The first-order valence-electron chi connectivity index (χ1n) is 7.05. The molecule has 1 aromatic heterocycles. The van der Waals surface area contributed by atoms with Gasteiger partial charge in [-0.2, -0.15) is 5.26 Å². The van der Waals surface area contributed by atoms with E-state index < -0.39 is 11.2 Å². The van der Waals surface area contributed by atoms with Crippen molar-refractivity contribution in [2.45, 2.75) is 26.5 Å². The van der Waals surface area contributed by atoms with E-state index in [1.54, 1.807) is 0 Å². The summed E-state index contributed by atoms with van der Waals surface area (Å²) in [5.74, 6) is 0. The molecule has 0 unspecified atom stereocenters. The molecule has 6 heteroatoms. The number of hydrogen-bond acceptors (Lipinski definition) is 4. The van der Waals surface area contributed by atoms with Crippen LogP contribution < -0.4 is 11.2 Å². The van der Waals surface area contributed by atoms with Gasteiger partial charge in [0.15, 0.2) is 0 Å². The van der Waals surface area contributed by atoms with E-state index >= 15 is 0 Å². The number of nitrogens with zero attached hydrogens (tertiary/aromatic N) is 2. The lowest BCUT2D eigenvalue weighted by molar-refractivity contribution is 0.0821. The van der Waals surface area contributed by atoms with Crippen LogP contribution in [0.25, 0.3) is 0 Å². The number of rotatable bonds is 6. The van der Waals surface area contributed by atoms with Crippen molar-refractivity contribution in [2.75, 3.05) is 6.61 Å². The van der Waals surface area contributed by atoms with Gasteiger partial charge in [0.25, 0.3) is 5.56 Å². The molecule has 0 aliphatic carbocycles. The van der Waals surface area contributed by atoms with E-state index in [4.69, 9.17) is 4.74 Å². The molecule has 0 fully saturated rings. The van der Waals surface area contributed by atoms with Crippen LogP contribution in [0.15, 0.2) is 39.9 Å². The monoisotopic (exact) mass is 299 g/mol. The SMILES string of the molecule is CCOCn1c(CCc2ccccc2)c(C#N)c(=O)[nH]c1=O. The number of ether oxygens (including phenoxy) is 1. The molecule has 0 amide bonds. The maximum absolute atomic E-state index is 12.0. The van der Waals surface area contributed by atoms with Gasteiger partial charge in [0, 0.05) is 12.3 Å². The Kier molecular flexibility index (Phi) is 5.28. The number of benzene rings is 1. The number of aromatic nitrogens is 2. The average molecular weight is 299 g/mol. The summed E-state index contributed by atoms with van der Waals surface area (Å²) in [7, 11) is 0. The van der Waals surface area contributed by atoms with E-state index in [2.05, 4.69) is 4.98 Å². The van der Waals surface area contributed by atoms with E-state index in [9.17, 15) is 14.9 Å². The smallest absolute Gasteiger partial charge is 0.330 e. The van der Waals surface area contributed by atoms with Crippen molar-refractivity contribution in [1.82, 2.24) is 9.55 Å². The minimum atomic E-state index is -0.650. The molecule has 114 valence electrons. The van der Waals surface area contributed by atoms with Gasteiger partial charge < -0.3 is 4.74 Å². The van der Waals surface area contributed by atoms with Crippen molar-refractivity contribution >= 4 is 0 Å². The first-order valence-corrected chi connectivity index (χ1v) is 7.05. The summed E-state index contributed by atoms with van der Waals surface area (Å²) in [5, 5.41) is 9.21. The molecule has 0 aliphatic heterocycles. The van der Waals surface area contributed by atoms with Gasteiger partial charge in [0.05, 0.1) is 0 Å². The van der Waals surface area contributed by atoms with Crippen LogP contribution in [0.1, 0.15) is 23.7 Å². The van der Waals surface area contributed by atoms with E-state index in [-0.39, 0.29) is 12.3 Å². The Morgan fingerprint density at radius 2 is 1.95 bits per heavy atom. The lowest BCUT2D eigenvalue weighted by atomic mass is 10.1. The molecular weight excluding hydrogens is 282 g/mol. The third kappa shape index (κ3) is 3.51. The highest BCUT2D eigenvalue weighted by molar-refractivity contribution is 5.32. The predicted octanol–water partition coefficient (Wildman–Crippen LogP) is 1.19. The maximum Gasteiger partial charge on any atom is 0.330 e. The molecule has 0 radical (unpaired) electrons. The largest absolute Gasteiger partial charge is 0.361 e. The normalized spacial score (nSPS) is 10.4. The van der Waals surface area contributed by atoms with Crippen molar-refractivity contribution in [3.05, 3.63) is 68.0 Å². The summed E-state index contributed by atoms with van der Waals surface area (Å²) in [6, 6.07) is 11.6. The Bertz CT molecular complexity index is 785. The number of H-pyrrole nitrogens is 1. The van der Waals surface area contributed by atoms with Gasteiger partial charge in [0.2, 0.25) is 0 Å². The zero-order valence-electron chi connectivity index (χ0n) is 12.3. The fourth-order valence-electron chi connectivity index (χ4n) is 2.22. The molecule has 2 rings (SSSR count). The Hall–Kier alpha value is -2.65. The molecule has 1 aromatic carbocycles. The summed E-state index contributed by atoms with van der Waals surface area (Å²) >= 11 is 0. The standard InChI is InChI=1S/C16H17N3O3/c1-2-22-11-19-14(9-8-12-6-4-3-5-7-12)13(10-17)15(20)18-16(19)21/h3-7H,2,8-9,11H2,1H3,(H,18,20,21). The fourth-order valence-corrected chi connectivity index (χ4v) is 2.22. The van der Waals surface area contributed by atoms with Gasteiger partial charge in [0.1, 0.15) is 18.4 Å². The second-order valence-electron chi connectivity index (χ2n) is 4.73. The van der Waals surface area contributed by atoms with E-state index in [1.807, 2.05) is 43.3 Å². The highest BCUT2D eigenvalue weighted by Gasteiger charge is 2.14. The van der Waals surface area contributed by atoms with Gasteiger partial charge >= 0.3 is 5.69 Å². The molecular formula is C16H17N3O3. The van der Waals surface area contributed by atoms with Crippen molar-refractivity contribution in [3.8, 4) is 6.07 Å². The lowest BCUT2D eigenvalue weighted by Crippen LogP contribution is -2.35. The van der Waals surface area contributed by atoms with Gasteiger partial charge in [-0.1, -0.05) is 30.3 Å². The highest BCUT2D eigenvalue weighted by atomic mass is 16.5. The Morgan fingerprint density at radius 3 is 2.59 bits per heavy atom. The molecule has 2 aromatic rings. The molecule has 0 atom stereocenters. The first kappa shape index (κ1) is 15.7. The van der Waals surface area contributed by atoms with Crippen molar-refractivity contribution < 1.29 is 4.74 Å². The van der Waals surface area contributed by atoms with Gasteiger partial charge in [-0.3, -0.25) is 14.3 Å². The minimum Gasteiger partial charge on any atom is -0.361 e. The Labute approximate surface area is 127 Å². The van der Waals surface area contributed by atoms with Crippen LogP contribution in [-0.2, 0) is 24.3 Å². The van der Waals surface area contributed by atoms with Gasteiger partial charge in [-0.15, -0.1) is 0 Å². The van der Waals surface area contributed by atoms with E-state index in [0.717, 1.165) is 5.56 Å². The van der Waals surface area contributed by atoms with Crippen LogP contribution in [-0.4, -0.2) is 16.2 Å². The quantitative estimate of drug-likeness (QED) is 0.867. The third-order valence-corrected chi connectivity index (χ3v) is 3.34. The fraction of sp³-hybridized carbons (Fsp3) is 0.312. The molecule has 1 N–H and O–H groups in total. The summed E-state index contributed by atoms with van der Waals surface area (Å²) in [6.07, 6.45) is 1.05. The first-order chi connectivity index (χ1) is 10.7. The molecule has 0 spiro atoms. The molecule has 1 heterocycles. The molecule has 0 saturated carbocycles. The summed E-state index contributed by atoms with van der Waals surface area (Å²) in [6.45, 7) is 2.27. The molecule has 0 saturated heterocycles. The topological polar surface area (TPSA) is 87.9 Å². The number of nitriles is 1. The van der Waals surface area contributed by atoms with Crippen LogP contribution in [0, 0.1) is 11.3 Å². The van der Waals surface area contributed by atoms with Crippen LogP contribution in [0.4, 0.5) is 0 Å². The molecule has 0 aliphatic rings. The number of nitrogens with one attached hydrogen (secondary N) is 1. The van der Waals surface area contributed by atoms with Gasteiger partial charge in [-0.25, -0.2) is 4.79 Å². The second kappa shape index (κ2) is 7.38. The Balaban J connectivity index is 2.40. The summed E-state index contributed by atoms with van der Waals surface area (Å²) in [5.41, 5.74) is 0.245. The highest BCUT2D eigenvalue weighted by Crippen LogP contribution is 2.08. The Morgan fingerprint density at radius 1 is 1.23 bits per heavy atom. The lowest BCUT2D eigenvalue weighted by Gasteiger charge is -2.13. The van der Waals surface area contributed by atoms with Crippen molar-refractivity contribution in [2.24, 2.45) is 0 Å². The van der Waals surface area contributed by atoms with Crippen LogP contribution >= 0.6 is 0 Å². The second-order valence-corrected chi connectivity index (χ2v) is 4.73. The zero-order chi connectivity index (χ0) is 15.9. The van der Waals surface area contributed by atoms with Gasteiger partial charge in [-0.05, 0) is 25.3 Å². The summed E-state index contributed by atoms with van der Waals surface area (Å²) in [4.78, 5) is 25.9. The van der Waals surface area contributed by atoms with Crippen molar-refractivity contribution in [1.29, 1.82) is 5.26 Å². The minimum absolute atomic E-state index is 0.0188. The average Bonchev–Trinajstić information content (AvgIpc) is 2.53. The van der Waals surface area contributed by atoms with Crippen LogP contribution in [0.2, 0.25) is 0 Å². The van der Waals surface area contributed by atoms with E-state index in [0.29, 0.717) is 25.1 Å². The molecule has 0 bridgehead atoms. The molecule has 6 nitrogen and oxygen atoms in total. The number of hydrogen-bond donors (Lipinski definition) is 1. The van der Waals surface area contributed by atoms with Crippen LogP contribution in [0.3, 0.4) is 0 Å². The summed E-state index contributed by atoms with van der Waals surface area (Å²) < 4.78 is 6.58. The predicted molar refractivity (Wildman–Crippen MR) is 81.5 cm³/mol. The van der Waals surface area contributed by atoms with E-state index in [1.165, 1.54) is 4.57 Å². The number of aromatic amines is 1.